The van der Waals surface area contributed by atoms with Crippen molar-refractivity contribution in [2.75, 3.05) is 25.7 Å². The van der Waals surface area contributed by atoms with Crippen LogP contribution in [-0.2, 0) is 13.0 Å². The van der Waals surface area contributed by atoms with Crippen LogP contribution in [0.1, 0.15) is 21.5 Å². The molecule has 0 N–H and O–H groups in total. The summed E-state index contributed by atoms with van der Waals surface area (Å²) < 4.78 is 16.8. The molecule has 1 aliphatic rings. The summed E-state index contributed by atoms with van der Waals surface area (Å²) in [5, 5.41) is 9.10. The lowest BCUT2D eigenvalue weighted by Gasteiger charge is -2.29. The summed E-state index contributed by atoms with van der Waals surface area (Å²) in [6.07, 6.45) is 2.33. The number of methoxy groups -OCH3 is 2. The van der Waals surface area contributed by atoms with Crippen LogP contribution in [0.25, 0.3) is 10.9 Å². The van der Waals surface area contributed by atoms with E-state index in [1.54, 1.807) is 31.4 Å². The fraction of sp³-hybridized carbons (Fsp3) is 0.192. The molecule has 5 rings (SSSR count). The predicted molar refractivity (Wildman–Crippen MR) is 125 cm³/mol. The number of anilines is 1. The highest BCUT2D eigenvalue weighted by molar-refractivity contribution is 6.12. The van der Waals surface area contributed by atoms with Gasteiger partial charge in [-0.3, -0.25) is 4.79 Å². The first-order valence-electron chi connectivity index (χ1n) is 10.7. The van der Waals surface area contributed by atoms with E-state index in [0.717, 1.165) is 22.3 Å². The Hall–Kier alpha value is -4.13. The smallest absolute Gasteiger partial charge is 0.258 e. The molecule has 166 valence electrons. The van der Waals surface area contributed by atoms with Crippen molar-refractivity contribution in [2.45, 2.75) is 13.0 Å². The lowest BCUT2D eigenvalue weighted by atomic mass is 9.98. The van der Waals surface area contributed by atoms with Crippen molar-refractivity contribution < 1.29 is 19.0 Å². The van der Waals surface area contributed by atoms with Crippen molar-refractivity contribution >= 4 is 22.5 Å². The molecule has 1 aliphatic heterocycles. The van der Waals surface area contributed by atoms with Gasteiger partial charge in [0.15, 0.2) is 11.5 Å². The molecule has 0 aliphatic carbocycles. The Bertz CT molecular complexity index is 1320. The van der Waals surface area contributed by atoms with Crippen LogP contribution in [0.15, 0.2) is 66.9 Å². The van der Waals surface area contributed by atoms with Gasteiger partial charge in [-0.1, -0.05) is 30.3 Å². The number of aromatic nitrogens is 2. The zero-order valence-corrected chi connectivity index (χ0v) is 18.4. The summed E-state index contributed by atoms with van der Waals surface area (Å²) in [6, 6.07) is 19.3. The third kappa shape index (κ3) is 3.93. The van der Waals surface area contributed by atoms with E-state index in [-0.39, 0.29) is 5.91 Å². The van der Waals surface area contributed by atoms with Crippen molar-refractivity contribution in [2.24, 2.45) is 0 Å². The Balaban J connectivity index is 1.43. The first-order valence-corrected chi connectivity index (χ1v) is 10.7. The summed E-state index contributed by atoms with van der Waals surface area (Å²) in [6.45, 7) is 1.02. The number of rotatable bonds is 6. The standard InChI is InChI=1S/C26H23N3O4/c1-31-24-13-21-22(14-25(24)32-2)28-27-15-23(21)29-11-10-18-12-19(8-9-20(18)26(29)30)33-16-17-6-4-3-5-7-17/h3-9,12-15H,10-11,16H2,1-2H3. The maximum atomic E-state index is 13.4. The molecule has 0 saturated carbocycles. The highest BCUT2D eigenvalue weighted by Crippen LogP contribution is 2.37. The molecule has 7 heteroatoms. The molecular weight excluding hydrogens is 418 g/mol. The fourth-order valence-electron chi connectivity index (χ4n) is 4.11. The van der Waals surface area contributed by atoms with Crippen LogP contribution in [0.5, 0.6) is 17.2 Å². The van der Waals surface area contributed by atoms with E-state index in [1.807, 2.05) is 54.6 Å². The number of carbonyl (C=O) groups is 1. The molecule has 1 amide bonds. The zero-order valence-electron chi connectivity index (χ0n) is 18.4. The Morgan fingerprint density at radius 3 is 2.55 bits per heavy atom. The highest BCUT2D eigenvalue weighted by atomic mass is 16.5. The van der Waals surface area contributed by atoms with Crippen LogP contribution in [-0.4, -0.2) is 36.9 Å². The summed E-state index contributed by atoms with van der Waals surface area (Å²) in [7, 11) is 3.15. The zero-order chi connectivity index (χ0) is 22.8. The lowest BCUT2D eigenvalue weighted by molar-refractivity contribution is 0.0980. The van der Waals surface area contributed by atoms with Crippen LogP contribution >= 0.6 is 0 Å². The molecule has 0 unspecified atom stereocenters. The number of benzene rings is 3. The van der Waals surface area contributed by atoms with Gasteiger partial charge in [0, 0.05) is 23.6 Å². The monoisotopic (exact) mass is 441 g/mol. The number of ether oxygens (including phenoxy) is 3. The Kier molecular flexibility index (Phi) is 5.52. The number of carbonyl (C=O) groups excluding carboxylic acids is 1. The van der Waals surface area contributed by atoms with E-state index in [4.69, 9.17) is 14.2 Å². The molecular formula is C26H23N3O4. The second-order valence-corrected chi connectivity index (χ2v) is 7.75. The molecule has 0 radical (unpaired) electrons. The first-order chi connectivity index (χ1) is 16.2. The maximum absolute atomic E-state index is 13.4. The van der Waals surface area contributed by atoms with Crippen molar-refractivity contribution in [3.8, 4) is 17.2 Å². The minimum Gasteiger partial charge on any atom is -0.493 e. The fourth-order valence-corrected chi connectivity index (χ4v) is 4.11. The van der Waals surface area contributed by atoms with Crippen LogP contribution in [0.2, 0.25) is 0 Å². The van der Waals surface area contributed by atoms with Crippen molar-refractivity contribution in [3.63, 3.8) is 0 Å². The molecule has 33 heavy (non-hydrogen) atoms. The van der Waals surface area contributed by atoms with E-state index in [1.165, 1.54) is 0 Å². The Morgan fingerprint density at radius 1 is 0.970 bits per heavy atom. The average Bonchev–Trinajstić information content (AvgIpc) is 2.87. The summed E-state index contributed by atoms with van der Waals surface area (Å²) in [5.41, 5.74) is 4.07. The molecule has 0 spiro atoms. The van der Waals surface area contributed by atoms with Crippen LogP contribution in [0, 0.1) is 0 Å². The molecule has 7 nitrogen and oxygen atoms in total. The van der Waals surface area contributed by atoms with Crippen LogP contribution < -0.4 is 19.1 Å². The lowest BCUT2D eigenvalue weighted by Crippen LogP contribution is -2.37. The van der Waals surface area contributed by atoms with Crippen molar-refractivity contribution in [1.82, 2.24) is 10.2 Å². The Morgan fingerprint density at radius 2 is 1.76 bits per heavy atom. The third-order valence-electron chi connectivity index (χ3n) is 5.82. The van der Waals surface area contributed by atoms with Gasteiger partial charge in [-0.2, -0.15) is 10.2 Å². The first kappa shape index (κ1) is 20.8. The number of fused-ring (bicyclic) bond motifs is 2. The number of amides is 1. The van der Waals surface area contributed by atoms with Crippen LogP contribution in [0.4, 0.5) is 5.69 Å². The van der Waals surface area contributed by atoms with E-state index >= 15 is 0 Å². The van der Waals surface area contributed by atoms with E-state index in [0.29, 0.717) is 47.8 Å². The van der Waals surface area contributed by atoms with Gasteiger partial charge in [-0.15, -0.1) is 0 Å². The third-order valence-corrected chi connectivity index (χ3v) is 5.82. The molecule has 0 saturated heterocycles. The molecule has 1 aromatic heterocycles. The van der Waals surface area contributed by atoms with Gasteiger partial charge >= 0.3 is 0 Å². The van der Waals surface area contributed by atoms with Gasteiger partial charge in [0.2, 0.25) is 0 Å². The minimum atomic E-state index is -0.0741. The largest absolute Gasteiger partial charge is 0.493 e. The molecule has 0 fully saturated rings. The predicted octanol–water partition coefficient (Wildman–Crippen LogP) is 4.43. The highest BCUT2D eigenvalue weighted by Gasteiger charge is 2.28. The molecule has 4 aromatic rings. The molecule has 3 aromatic carbocycles. The summed E-state index contributed by atoms with van der Waals surface area (Å²) in [5.74, 6) is 1.82. The van der Waals surface area contributed by atoms with E-state index in [9.17, 15) is 4.79 Å². The van der Waals surface area contributed by atoms with Gasteiger partial charge < -0.3 is 19.1 Å². The van der Waals surface area contributed by atoms with Gasteiger partial charge in [-0.25, -0.2) is 0 Å². The van der Waals surface area contributed by atoms with Gasteiger partial charge in [0.05, 0.1) is 31.6 Å². The van der Waals surface area contributed by atoms with Crippen molar-refractivity contribution in [3.05, 3.63) is 83.6 Å². The second kappa shape index (κ2) is 8.78. The van der Waals surface area contributed by atoms with Crippen molar-refractivity contribution in [1.29, 1.82) is 0 Å². The maximum Gasteiger partial charge on any atom is 0.258 e. The van der Waals surface area contributed by atoms with Gasteiger partial charge in [0.25, 0.3) is 5.91 Å². The second-order valence-electron chi connectivity index (χ2n) is 7.75. The Labute approximate surface area is 191 Å². The molecule has 0 bridgehead atoms. The minimum absolute atomic E-state index is 0.0741. The topological polar surface area (TPSA) is 73.8 Å². The number of nitrogens with zero attached hydrogens (tertiary/aromatic N) is 3. The van der Waals surface area contributed by atoms with Gasteiger partial charge in [0.1, 0.15) is 12.4 Å². The number of hydrogen-bond acceptors (Lipinski definition) is 6. The SMILES string of the molecule is COc1cc2nncc(N3CCc4cc(OCc5ccccc5)ccc4C3=O)c2cc1OC. The summed E-state index contributed by atoms with van der Waals surface area (Å²) >= 11 is 0. The van der Waals surface area contributed by atoms with E-state index < -0.39 is 0 Å². The number of hydrogen-bond donors (Lipinski definition) is 0. The van der Waals surface area contributed by atoms with E-state index in [2.05, 4.69) is 10.2 Å². The molecule has 0 atom stereocenters. The summed E-state index contributed by atoms with van der Waals surface area (Å²) in [4.78, 5) is 15.2. The average molecular weight is 441 g/mol. The normalized spacial score (nSPS) is 13.0. The van der Waals surface area contributed by atoms with Crippen LogP contribution in [0.3, 0.4) is 0 Å². The molecule has 2 heterocycles. The quantitative estimate of drug-likeness (QED) is 0.441. The van der Waals surface area contributed by atoms with Gasteiger partial charge in [-0.05, 0) is 41.8 Å².